The number of imide groups is 1. The maximum Gasteiger partial charge on any atom is 0.325 e. The van der Waals surface area contributed by atoms with Crippen LogP contribution in [0.3, 0.4) is 0 Å². The van der Waals surface area contributed by atoms with Crippen LogP contribution in [0.2, 0.25) is 5.02 Å². The van der Waals surface area contributed by atoms with Crippen molar-refractivity contribution in [1.29, 1.82) is 0 Å². The maximum absolute atomic E-state index is 12.8. The van der Waals surface area contributed by atoms with E-state index in [2.05, 4.69) is 10.6 Å². The van der Waals surface area contributed by atoms with Crippen LogP contribution in [0.4, 0.5) is 4.79 Å². The highest BCUT2D eigenvalue weighted by atomic mass is 35.5. The largest absolute Gasteiger partial charge is 0.350 e. The minimum absolute atomic E-state index is 0.262. The van der Waals surface area contributed by atoms with Gasteiger partial charge in [0.05, 0.1) is 0 Å². The van der Waals surface area contributed by atoms with Crippen molar-refractivity contribution < 1.29 is 14.4 Å². The lowest BCUT2D eigenvalue weighted by Crippen LogP contribution is -2.43. The summed E-state index contributed by atoms with van der Waals surface area (Å²) < 4.78 is 0. The highest BCUT2D eigenvalue weighted by Gasteiger charge is 2.49. The molecule has 0 saturated carbocycles. The molecule has 2 aromatic rings. The zero-order chi connectivity index (χ0) is 19.6. The molecule has 2 N–H and O–H groups in total. The molecular formula is C20H20ClN3O3. The fourth-order valence-electron chi connectivity index (χ4n) is 2.97. The quantitative estimate of drug-likeness (QED) is 0.777. The van der Waals surface area contributed by atoms with Gasteiger partial charge in [-0.3, -0.25) is 14.5 Å². The molecule has 0 unspecified atom stereocenters. The molecule has 0 aromatic heterocycles. The van der Waals surface area contributed by atoms with Crippen LogP contribution in [0.5, 0.6) is 0 Å². The number of urea groups is 1. The van der Waals surface area contributed by atoms with Crippen LogP contribution in [0, 0.1) is 6.92 Å². The molecule has 6 nitrogen and oxygen atoms in total. The van der Waals surface area contributed by atoms with Gasteiger partial charge in [0.2, 0.25) is 5.91 Å². The summed E-state index contributed by atoms with van der Waals surface area (Å²) in [6.45, 7) is 3.50. The summed E-state index contributed by atoms with van der Waals surface area (Å²) in [4.78, 5) is 38.3. The summed E-state index contributed by atoms with van der Waals surface area (Å²) >= 11 is 5.92. The summed E-state index contributed by atoms with van der Waals surface area (Å²) in [6, 6.07) is 13.9. The lowest BCUT2D eigenvalue weighted by molar-refractivity contribution is -0.134. The minimum Gasteiger partial charge on any atom is -0.350 e. The average molecular weight is 386 g/mol. The molecule has 1 atom stereocenters. The van der Waals surface area contributed by atoms with Crippen LogP contribution < -0.4 is 10.6 Å². The van der Waals surface area contributed by atoms with Crippen LogP contribution in [0.1, 0.15) is 23.6 Å². The Morgan fingerprint density at radius 3 is 2.56 bits per heavy atom. The number of hydrogen-bond acceptors (Lipinski definition) is 3. The molecule has 2 aromatic carbocycles. The van der Waals surface area contributed by atoms with Gasteiger partial charge in [0, 0.05) is 11.6 Å². The van der Waals surface area contributed by atoms with Gasteiger partial charge in [-0.25, -0.2) is 4.79 Å². The average Bonchev–Trinajstić information content (AvgIpc) is 2.85. The second-order valence-electron chi connectivity index (χ2n) is 6.72. The molecule has 1 heterocycles. The van der Waals surface area contributed by atoms with E-state index in [-0.39, 0.29) is 13.1 Å². The van der Waals surface area contributed by atoms with Gasteiger partial charge >= 0.3 is 6.03 Å². The summed E-state index contributed by atoms with van der Waals surface area (Å²) in [5.41, 5.74) is 1.38. The van der Waals surface area contributed by atoms with E-state index in [1.165, 1.54) is 0 Å². The molecule has 140 valence electrons. The fourth-order valence-corrected chi connectivity index (χ4v) is 3.18. The van der Waals surface area contributed by atoms with Crippen LogP contribution in [-0.2, 0) is 21.7 Å². The van der Waals surface area contributed by atoms with Crippen LogP contribution >= 0.6 is 11.6 Å². The van der Waals surface area contributed by atoms with Crippen molar-refractivity contribution in [3.63, 3.8) is 0 Å². The lowest BCUT2D eigenvalue weighted by atomic mass is 9.91. The topological polar surface area (TPSA) is 78.5 Å². The second-order valence-corrected chi connectivity index (χ2v) is 7.16. The molecule has 0 radical (unpaired) electrons. The predicted molar refractivity (Wildman–Crippen MR) is 102 cm³/mol. The zero-order valence-corrected chi connectivity index (χ0v) is 15.8. The molecule has 0 spiro atoms. The van der Waals surface area contributed by atoms with Crippen molar-refractivity contribution in [3.8, 4) is 0 Å². The second kappa shape index (κ2) is 7.40. The van der Waals surface area contributed by atoms with Crippen LogP contribution in [-0.4, -0.2) is 29.3 Å². The summed E-state index contributed by atoms with van der Waals surface area (Å²) in [5.74, 6) is -0.874. The van der Waals surface area contributed by atoms with Crippen molar-refractivity contribution in [2.75, 3.05) is 6.54 Å². The Morgan fingerprint density at radius 1 is 1.19 bits per heavy atom. The van der Waals surface area contributed by atoms with Crippen molar-refractivity contribution in [2.24, 2.45) is 0 Å². The smallest absolute Gasteiger partial charge is 0.325 e. The Morgan fingerprint density at radius 2 is 1.89 bits per heavy atom. The molecule has 0 bridgehead atoms. The first-order chi connectivity index (χ1) is 12.8. The number of carbonyl (C=O) groups is 3. The Balaban J connectivity index is 1.66. The zero-order valence-electron chi connectivity index (χ0n) is 15.1. The molecular weight excluding hydrogens is 366 g/mol. The number of hydrogen-bond donors (Lipinski definition) is 2. The Labute approximate surface area is 162 Å². The molecule has 27 heavy (non-hydrogen) atoms. The van der Waals surface area contributed by atoms with Gasteiger partial charge in [0.25, 0.3) is 5.91 Å². The van der Waals surface area contributed by atoms with Crippen molar-refractivity contribution >= 4 is 29.4 Å². The third-order valence-electron chi connectivity index (χ3n) is 4.58. The van der Waals surface area contributed by atoms with E-state index in [0.717, 1.165) is 16.0 Å². The predicted octanol–water partition coefficient (Wildman–Crippen LogP) is 2.73. The van der Waals surface area contributed by atoms with E-state index >= 15 is 0 Å². The van der Waals surface area contributed by atoms with Gasteiger partial charge in [-0.1, -0.05) is 53.6 Å². The SMILES string of the molecule is Cc1ccc([C@]2(C)NC(=O)N(CC(=O)NCc3cccc(Cl)c3)C2=O)cc1. The van der Waals surface area contributed by atoms with E-state index in [1.807, 2.05) is 25.1 Å². The van der Waals surface area contributed by atoms with Crippen LogP contribution in [0.25, 0.3) is 0 Å². The minimum atomic E-state index is -1.18. The first-order valence-electron chi connectivity index (χ1n) is 8.52. The molecule has 4 amide bonds. The van der Waals surface area contributed by atoms with Gasteiger partial charge in [0.1, 0.15) is 12.1 Å². The van der Waals surface area contributed by atoms with E-state index in [4.69, 9.17) is 11.6 Å². The lowest BCUT2D eigenvalue weighted by Gasteiger charge is -2.22. The first kappa shape index (κ1) is 18.9. The molecule has 1 fully saturated rings. The number of rotatable bonds is 5. The number of nitrogens with one attached hydrogen (secondary N) is 2. The van der Waals surface area contributed by atoms with Crippen LogP contribution in [0.15, 0.2) is 48.5 Å². The van der Waals surface area contributed by atoms with Gasteiger partial charge in [0.15, 0.2) is 0 Å². The normalized spacial score (nSPS) is 19.1. The maximum atomic E-state index is 12.8. The van der Waals surface area contributed by atoms with Gasteiger partial charge < -0.3 is 10.6 Å². The Hall–Kier alpha value is -2.86. The summed E-state index contributed by atoms with van der Waals surface area (Å²) in [5, 5.41) is 5.96. The number of carbonyl (C=O) groups excluding carboxylic acids is 3. The van der Waals surface area contributed by atoms with Gasteiger partial charge in [-0.2, -0.15) is 0 Å². The monoisotopic (exact) mass is 385 g/mol. The first-order valence-corrected chi connectivity index (χ1v) is 8.90. The van der Waals surface area contributed by atoms with E-state index in [1.54, 1.807) is 37.3 Å². The number of aryl methyl sites for hydroxylation is 1. The van der Waals surface area contributed by atoms with E-state index in [0.29, 0.717) is 10.6 Å². The van der Waals surface area contributed by atoms with Gasteiger partial charge in [-0.05, 0) is 37.1 Å². The Bertz CT molecular complexity index is 898. The van der Waals surface area contributed by atoms with Crippen molar-refractivity contribution in [1.82, 2.24) is 15.5 Å². The van der Waals surface area contributed by atoms with Crippen molar-refractivity contribution in [3.05, 3.63) is 70.2 Å². The Kier molecular flexibility index (Phi) is 5.19. The molecule has 1 aliphatic heterocycles. The molecule has 7 heteroatoms. The highest BCUT2D eigenvalue weighted by molar-refractivity contribution is 6.30. The number of nitrogens with zero attached hydrogens (tertiary/aromatic N) is 1. The number of amides is 4. The van der Waals surface area contributed by atoms with Gasteiger partial charge in [-0.15, -0.1) is 0 Å². The molecule has 1 aliphatic rings. The number of halogens is 1. The molecule has 0 aliphatic carbocycles. The van der Waals surface area contributed by atoms with Crippen molar-refractivity contribution in [2.45, 2.75) is 25.9 Å². The third-order valence-corrected chi connectivity index (χ3v) is 4.82. The van der Waals surface area contributed by atoms with E-state index in [9.17, 15) is 14.4 Å². The standard InChI is InChI=1S/C20H20ClN3O3/c1-13-6-8-15(9-7-13)20(2)18(26)24(19(27)23-20)12-17(25)22-11-14-4-3-5-16(21)10-14/h3-10H,11-12H2,1-2H3,(H,22,25)(H,23,27)/t20-/m0/s1. The fraction of sp³-hybridized carbons (Fsp3) is 0.250. The summed E-state index contributed by atoms with van der Waals surface area (Å²) in [6.07, 6.45) is 0. The third kappa shape index (κ3) is 3.95. The van der Waals surface area contributed by atoms with E-state index < -0.39 is 23.4 Å². The molecule has 1 saturated heterocycles. The summed E-state index contributed by atoms with van der Waals surface area (Å²) in [7, 11) is 0. The highest BCUT2D eigenvalue weighted by Crippen LogP contribution is 2.28. The molecule has 3 rings (SSSR count). The number of benzene rings is 2.